The second-order valence-corrected chi connectivity index (χ2v) is 5.02. The Kier molecular flexibility index (Phi) is 3.73. The summed E-state index contributed by atoms with van der Waals surface area (Å²) in [5, 5.41) is 9.26. The van der Waals surface area contributed by atoms with E-state index in [1.807, 2.05) is 60.7 Å². The van der Waals surface area contributed by atoms with Crippen molar-refractivity contribution in [2.75, 3.05) is 13.2 Å². The van der Waals surface area contributed by atoms with Gasteiger partial charge in [-0.2, -0.15) is 0 Å². The zero-order valence-corrected chi connectivity index (χ0v) is 11.4. The zero-order chi connectivity index (χ0) is 14.7. The molecule has 1 fully saturated rings. The van der Waals surface area contributed by atoms with Gasteiger partial charge in [-0.1, -0.05) is 60.7 Å². The number of carboxylic acid groups (broad SMARTS) is 1. The first kappa shape index (κ1) is 13.8. The number of ether oxygens (including phenoxy) is 2. The molecule has 1 atom stereocenters. The molecule has 1 aliphatic heterocycles. The Morgan fingerprint density at radius 2 is 1.52 bits per heavy atom. The van der Waals surface area contributed by atoms with Gasteiger partial charge in [-0.3, -0.25) is 0 Å². The lowest BCUT2D eigenvalue weighted by atomic mass is 9.86. The SMILES string of the molecule is O=C(O)[C@@H]1COCC(c2ccccc2)(c2ccccc2)O1. The third-order valence-corrected chi connectivity index (χ3v) is 3.67. The standard InChI is InChI=1S/C17H16O4/c18-16(19)15-11-20-12-17(21-15,13-7-3-1-4-8-13)14-9-5-2-6-10-14/h1-10,15H,11-12H2,(H,18,19)/t15-/m0/s1. The van der Waals surface area contributed by atoms with Crippen molar-refractivity contribution in [1.82, 2.24) is 0 Å². The maximum Gasteiger partial charge on any atom is 0.335 e. The Morgan fingerprint density at radius 1 is 1.00 bits per heavy atom. The molecule has 21 heavy (non-hydrogen) atoms. The fourth-order valence-corrected chi connectivity index (χ4v) is 2.63. The first-order valence-electron chi connectivity index (χ1n) is 6.82. The maximum atomic E-state index is 11.3. The van der Waals surface area contributed by atoms with Crippen LogP contribution in [-0.4, -0.2) is 30.4 Å². The van der Waals surface area contributed by atoms with Crippen molar-refractivity contribution >= 4 is 5.97 Å². The lowest BCUT2D eigenvalue weighted by Gasteiger charge is -2.40. The van der Waals surface area contributed by atoms with Crippen LogP contribution in [0.5, 0.6) is 0 Å². The summed E-state index contributed by atoms with van der Waals surface area (Å²) >= 11 is 0. The molecule has 0 aromatic heterocycles. The first-order chi connectivity index (χ1) is 10.2. The summed E-state index contributed by atoms with van der Waals surface area (Å²) < 4.78 is 11.5. The van der Waals surface area contributed by atoms with Gasteiger partial charge in [0.05, 0.1) is 13.2 Å². The van der Waals surface area contributed by atoms with E-state index in [1.54, 1.807) is 0 Å². The van der Waals surface area contributed by atoms with E-state index in [2.05, 4.69) is 0 Å². The predicted molar refractivity (Wildman–Crippen MR) is 77.0 cm³/mol. The molecule has 0 aliphatic carbocycles. The van der Waals surface area contributed by atoms with Crippen LogP contribution in [0.15, 0.2) is 60.7 Å². The molecule has 1 heterocycles. The lowest BCUT2D eigenvalue weighted by Crippen LogP contribution is -2.49. The van der Waals surface area contributed by atoms with E-state index in [9.17, 15) is 9.90 Å². The lowest BCUT2D eigenvalue weighted by molar-refractivity contribution is -0.202. The molecule has 3 rings (SSSR count). The molecule has 4 heteroatoms. The number of carbonyl (C=O) groups is 1. The van der Waals surface area contributed by atoms with Crippen molar-refractivity contribution in [1.29, 1.82) is 0 Å². The minimum absolute atomic E-state index is 0.0662. The van der Waals surface area contributed by atoms with Crippen LogP contribution in [0.4, 0.5) is 0 Å². The van der Waals surface area contributed by atoms with Crippen molar-refractivity contribution in [3.8, 4) is 0 Å². The fourth-order valence-electron chi connectivity index (χ4n) is 2.63. The normalized spacial score (nSPS) is 20.9. The Morgan fingerprint density at radius 3 is 2.00 bits per heavy atom. The largest absolute Gasteiger partial charge is 0.479 e. The number of hydrogen-bond donors (Lipinski definition) is 1. The molecular formula is C17H16O4. The average molecular weight is 284 g/mol. The number of hydrogen-bond acceptors (Lipinski definition) is 3. The molecule has 2 aromatic rings. The summed E-state index contributed by atoms with van der Waals surface area (Å²) in [5.41, 5.74) is 0.897. The number of benzene rings is 2. The molecule has 1 aliphatic rings. The molecule has 0 bridgehead atoms. The highest BCUT2D eigenvalue weighted by Gasteiger charge is 2.43. The van der Waals surface area contributed by atoms with Crippen LogP contribution in [0.25, 0.3) is 0 Å². The van der Waals surface area contributed by atoms with E-state index >= 15 is 0 Å². The van der Waals surface area contributed by atoms with Gasteiger partial charge in [-0.25, -0.2) is 4.79 Å². The van der Waals surface area contributed by atoms with Crippen LogP contribution >= 0.6 is 0 Å². The van der Waals surface area contributed by atoms with Crippen molar-refractivity contribution < 1.29 is 19.4 Å². The van der Waals surface area contributed by atoms with Crippen LogP contribution in [-0.2, 0) is 19.9 Å². The van der Waals surface area contributed by atoms with Gasteiger partial charge in [0.1, 0.15) is 5.60 Å². The van der Waals surface area contributed by atoms with Gasteiger partial charge >= 0.3 is 5.97 Å². The van der Waals surface area contributed by atoms with Gasteiger partial charge in [0.2, 0.25) is 0 Å². The molecule has 1 saturated heterocycles. The molecule has 0 amide bonds. The third-order valence-electron chi connectivity index (χ3n) is 3.67. The zero-order valence-electron chi connectivity index (χ0n) is 11.4. The Hall–Kier alpha value is -2.17. The smallest absolute Gasteiger partial charge is 0.335 e. The summed E-state index contributed by atoms with van der Waals surface area (Å²) in [4.78, 5) is 11.3. The van der Waals surface area contributed by atoms with E-state index in [1.165, 1.54) is 0 Å². The molecule has 4 nitrogen and oxygen atoms in total. The Labute approximate surface area is 122 Å². The van der Waals surface area contributed by atoms with E-state index in [0.29, 0.717) is 6.61 Å². The minimum atomic E-state index is -1.01. The predicted octanol–water partition coefficient (Wildman–Crippen LogP) is 2.43. The first-order valence-corrected chi connectivity index (χ1v) is 6.82. The van der Waals surface area contributed by atoms with Crippen molar-refractivity contribution in [2.45, 2.75) is 11.7 Å². The van der Waals surface area contributed by atoms with Crippen LogP contribution < -0.4 is 0 Å². The maximum absolute atomic E-state index is 11.3. The molecular weight excluding hydrogens is 268 g/mol. The van der Waals surface area contributed by atoms with Gasteiger partial charge in [-0.05, 0) is 11.1 Å². The third kappa shape index (κ3) is 2.55. The molecule has 1 N–H and O–H groups in total. The quantitative estimate of drug-likeness (QED) is 0.940. The monoisotopic (exact) mass is 284 g/mol. The van der Waals surface area contributed by atoms with Crippen molar-refractivity contribution in [3.63, 3.8) is 0 Å². The van der Waals surface area contributed by atoms with E-state index in [-0.39, 0.29) is 6.61 Å². The molecule has 0 saturated carbocycles. The molecule has 0 radical (unpaired) electrons. The van der Waals surface area contributed by atoms with Gasteiger partial charge in [0.15, 0.2) is 6.10 Å². The summed E-state index contributed by atoms with van der Waals surface area (Å²) in [6, 6.07) is 19.2. The van der Waals surface area contributed by atoms with Gasteiger partial charge in [0, 0.05) is 0 Å². The Bertz CT molecular complexity index is 570. The van der Waals surface area contributed by atoms with E-state index in [4.69, 9.17) is 9.47 Å². The summed E-state index contributed by atoms with van der Waals surface area (Å²) in [6.07, 6.45) is -0.973. The van der Waals surface area contributed by atoms with Gasteiger partial charge in [-0.15, -0.1) is 0 Å². The topological polar surface area (TPSA) is 55.8 Å². The fraction of sp³-hybridized carbons (Fsp3) is 0.235. The highest BCUT2D eigenvalue weighted by molar-refractivity contribution is 5.72. The molecule has 0 unspecified atom stereocenters. The van der Waals surface area contributed by atoms with Gasteiger partial charge < -0.3 is 14.6 Å². The summed E-state index contributed by atoms with van der Waals surface area (Å²) in [6.45, 7) is 0.363. The molecule has 2 aromatic carbocycles. The second kappa shape index (κ2) is 5.68. The number of aliphatic carboxylic acids is 1. The highest BCUT2D eigenvalue weighted by atomic mass is 16.6. The van der Waals surface area contributed by atoms with Crippen LogP contribution in [0.3, 0.4) is 0 Å². The summed E-state index contributed by atoms with van der Waals surface area (Å²) in [5.74, 6) is -1.01. The van der Waals surface area contributed by atoms with E-state index in [0.717, 1.165) is 11.1 Å². The number of rotatable bonds is 3. The number of carboxylic acids is 1. The summed E-state index contributed by atoms with van der Waals surface area (Å²) in [7, 11) is 0. The van der Waals surface area contributed by atoms with Crippen LogP contribution in [0.2, 0.25) is 0 Å². The van der Waals surface area contributed by atoms with Crippen molar-refractivity contribution in [2.24, 2.45) is 0 Å². The van der Waals surface area contributed by atoms with Crippen molar-refractivity contribution in [3.05, 3.63) is 71.8 Å². The van der Waals surface area contributed by atoms with Crippen LogP contribution in [0, 0.1) is 0 Å². The highest BCUT2D eigenvalue weighted by Crippen LogP contribution is 2.37. The minimum Gasteiger partial charge on any atom is -0.479 e. The van der Waals surface area contributed by atoms with Gasteiger partial charge in [0.25, 0.3) is 0 Å². The second-order valence-electron chi connectivity index (χ2n) is 5.02. The van der Waals surface area contributed by atoms with Crippen LogP contribution in [0.1, 0.15) is 11.1 Å². The molecule has 108 valence electrons. The molecule has 0 spiro atoms. The van der Waals surface area contributed by atoms with E-state index < -0.39 is 17.7 Å². The Balaban J connectivity index is 2.09. The average Bonchev–Trinajstić information content (AvgIpc) is 2.56.